The number of amides is 1. The van der Waals surface area contributed by atoms with Crippen molar-refractivity contribution in [1.29, 1.82) is 0 Å². The van der Waals surface area contributed by atoms with Crippen LogP contribution in [-0.2, 0) is 6.54 Å². The minimum Gasteiger partial charge on any atom is -0.508 e. The highest BCUT2D eigenvalue weighted by molar-refractivity contribution is 6.01. The fourth-order valence-corrected chi connectivity index (χ4v) is 6.36. The Morgan fingerprint density at radius 1 is 0.952 bits per heavy atom. The molecular weight excluding hydrogens is 534 g/mol. The van der Waals surface area contributed by atoms with Crippen LogP contribution in [0, 0.1) is 11.6 Å². The highest BCUT2D eigenvalue weighted by atomic mass is 19.1. The maximum Gasteiger partial charge on any atom is 0.255 e. The van der Waals surface area contributed by atoms with Crippen LogP contribution in [0.25, 0.3) is 22.2 Å². The summed E-state index contributed by atoms with van der Waals surface area (Å²) in [6.45, 7) is 2.15. The van der Waals surface area contributed by atoms with Crippen molar-refractivity contribution in [3.63, 3.8) is 0 Å². The van der Waals surface area contributed by atoms with Gasteiger partial charge in [-0.1, -0.05) is 42.5 Å². The number of carbonyl (C=O) groups is 1. The molecule has 1 aromatic heterocycles. The first-order valence-electron chi connectivity index (χ1n) is 14.2. The minimum absolute atomic E-state index is 0.0537. The van der Waals surface area contributed by atoms with E-state index < -0.39 is 17.7 Å². The van der Waals surface area contributed by atoms with Gasteiger partial charge in [-0.3, -0.25) is 4.79 Å². The van der Waals surface area contributed by atoms with E-state index in [4.69, 9.17) is 0 Å². The number of fused-ring (bicyclic) bond motifs is 2. The monoisotopic (exact) mass is 564 g/mol. The van der Waals surface area contributed by atoms with Gasteiger partial charge in [0.1, 0.15) is 34.8 Å². The summed E-state index contributed by atoms with van der Waals surface area (Å²) in [4.78, 5) is 25.6. The van der Waals surface area contributed by atoms with E-state index >= 15 is 0 Å². The van der Waals surface area contributed by atoms with Crippen molar-refractivity contribution in [2.24, 2.45) is 0 Å². The predicted octanol–water partition coefficient (Wildman–Crippen LogP) is 6.77. The molecule has 0 saturated carbocycles. The number of benzene rings is 4. The molecule has 2 aliphatic heterocycles. The molecule has 8 heteroatoms. The molecule has 3 heterocycles. The van der Waals surface area contributed by atoms with Crippen LogP contribution in [0.5, 0.6) is 5.75 Å². The number of phenolic OH excluding ortho intramolecular Hbond substituents is 1. The largest absolute Gasteiger partial charge is 0.508 e. The Bertz CT molecular complexity index is 1810. The first kappa shape index (κ1) is 26.3. The number of phenols is 1. The minimum atomic E-state index is -0.678. The van der Waals surface area contributed by atoms with Crippen LogP contribution in [0.2, 0.25) is 0 Å². The lowest BCUT2D eigenvalue weighted by atomic mass is 9.88. The maximum atomic E-state index is 14.6. The van der Waals surface area contributed by atoms with Gasteiger partial charge >= 0.3 is 0 Å². The van der Waals surface area contributed by atoms with Gasteiger partial charge in [-0.25, -0.2) is 13.8 Å². The summed E-state index contributed by atoms with van der Waals surface area (Å²) in [5.74, 6) is -0.388. The van der Waals surface area contributed by atoms with Crippen LogP contribution in [0.1, 0.15) is 57.7 Å². The number of H-pyrrole nitrogens is 1. The van der Waals surface area contributed by atoms with Gasteiger partial charge in [0.05, 0.1) is 12.1 Å². The number of rotatable bonds is 5. The average molecular weight is 565 g/mol. The Hall–Kier alpha value is -4.56. The Labute approximate surface area is 242 Å². The Kier molecular flexibility index (Phi) is 6.50. The number of halogens is 2. The van der Waals surface area contributed by atoms with Gasteiger partial charge in [0, 0.05) is 11.1 Å². The number of para-hydroxylation sites is 1. The van der Waals surface area contributed by atoms with E-state index in [2.05, 4.69) is 46.2 Å². The average Bonchev–Trinajstić information content (AvgIpc) is 3.55. The molecule has 2 aliphatic rings. The number of nitrogens with one attached hydrogen (secondary N) is 1. The zero-order chi connectivity index (χ0) is 29.0. The predicted molar refractivity (Wildman–Crippen MR) is 157 cm³/mol. The Balaban J connectivity index is 1.26. The number of aromatic hydroxyl groups is 1. The van der Waals surface area contributed by atoms with Gasteiger partial charge in [0.2, 0.25) is 0 Å². The van der Waals surface area contributed by atoms with Gasteiger partial charge in [-0.2, -0.15) is 0 Å². The third-order valence-electron chi connectivity index (χ3n) is 8.71. The zero-order valence-corrected chi connectivity index (χ0v) is 23.1. The normalized spacial score (nSPS) is 17.7. The van der Waals surface area contributed by atoms with E-state index in [1.807, 2.05) is 18.2 Å². The second-order valence-electron chi connectivity index (χ2n) is 11.4. The number of piperidine rings is 1. The van der Waals surface area contributed by atoms with Crippen LogP contribution in [0.3, 0.4) is 0 Å². The molecule has 1 unspecified atom stereocenters. The van der Waals surface area contributed by atoms with Crippen LogP contribution in [0.15, 0.2) is 78.9 Å². The topological polar surface area (TPSA) is 72.5 Å². The SMILES string of the molecule is CN1CCC(c2ccc(-c3ccc4c(c3)C(=O)N(Cc3cc(F)ccc3O)C4c3nc4cccc(F)c4[nH]3)cc2)CC1. The number of aromatic amines is 1. The molecule has 1 saturated heterocycles. The molecule has 0 spiro atoms. The van der Waals surface area contributed by atoms with E-state index in [1.165, 1.54) is 29.8 Å². The van der Waals surface area contributed by atoms with Crippen molar-refractivity contribution in [2.75, 3.05) is 20.1 Å². The van der Waals surface area contributed by atoms with E-state index in [-0.39, 0.29) is 29.3 Å². The van der Waals surface area contributed by atoms with Crippen molar-refractivity contribution in [2.45, 2.75) is 31.3 Å². The summed E-state index contributed by atoms with van der Waals surface area (Å²) in [5, 5.41) is 10.4. The second kappa shape index (κ2) is 10.4. The lowest BCUT2D eigenvalue weighted by Crippen LogP contribution is -2.29. The van der Waals surface area contributed by atoms with E-state index in [0.29, 0.717) is 28.4 Å². The standard InChI is InChI=1S/C34H30F2N4O2/c1-39-15-13-22(14-16-39)20-5-7-21(8-6-20)23-9-11-26-27(18-23)34(42)40(19-24-17-25(35)10-12-30(24)41)32(26)33-37-29-4-2-3-28(36)31(29)38-33/h2-12,17-18,22,32,41H,13-16,19H2,1H3,(H,37,38). The highest BCUT2D eigenvalue weighted by Gasteiger charge is 2.40. The van der Waals surface area contributed by atoms with Crippen molar-refractivity contribution in [3.05, 3.63) is 119 Å². The third kappa shape index (κ3) is 4.61. The molecule has 1 atom stereocenters. The van der Waals surface area contributed by atoms with Gasteiger partial charge < -0.3 is 19.9 Å². The second-order valence-corrected chi connectivity index (χ2v) is 11.4. The van der Waals surface area contributed by atoms with Crippen LogP contribution in [-0.4, -0.2) is 50.9 Å². The van der Waals surface area contributed by atoms with Crippen molar-refractivity contribution in [1.82, 2.24) is 19.8 Å². The fourth-order valence-electron chi connectivity index (χ4n) is 6.36. The number of carbonyl (C=O) groups excluding carboxylic acids is 1. The molecule has 6 nitrogen and oxygen atoms in total. The van der Waals surface area contributed by atoms with E-state index in [0.717, 1.165) is 37.1 Å². The van der Waals surface area contributed by atoms with E-state index in [1.54, 1.807) is 17.0 Å². The Morgan fingerprint density at radius 2 is 1.71 bits per heavy atom. The maximum absolute atomic E-state index is 14.6. The highest BCUT2D eigenvalue weighted by Crippen LogP contribution is 2.42. The first-order chi connectivity index (χ1) is 20.4. The molecule has 5 aromatic rings. The van der Waals surface area contributed by atoms with Gasteiger partial charge in [-0.15, -0.1) is 0 Å². The quantitative estimate of drug-likeness (QED) is 0.247. The van der Waals surface area contributed by atoms with Crippen LogP contribution >= 0.6 is 0 Å². The molecule has 212 valence electrons. The number of nitrogens with zero attached hydrogens (tertiary/aromatic N) is 3. The van der Waals surface area contributed by atoms with Gasteiger partial charge in [-0.05, 0) is 97.5 Å². The zero-order valence-electron chi connectivity index (χ0n) is 23.1. The summed E-state index contributed by atoms with van der Waals surface area (Å²) in [6.07, 6.45) is 2.29. The summed E-state index contributed by atoms with van der Waals surface area (Å²) in [7, 11) is 2.16. The summed E-state index contributed by atoms with van der Waals surface area (Å²) < 4.78 is 28.7. The summed E-state index contributed by atoms with van der Waals surface area (Å²) in [6, 6.07) is 22.0. The molecule has 0 aliphatic carbocycles. The summed E-state index contributed by atoms with van der Waals surface area (Å²) >= 11 is 0. The number of hydrogen-bond donors (Lipinski definition) is 2. The van der Waals surface area contributed by atoms with Crippen molar-refractivity contribution >= 4 is 16.9 Å². The molecule has 0 bridgehead atoms. The van der Waals surface area contributed by atoms with Crippen molar-refractivity contribution in [3.8, 4) is 16.9 Å². The van der Waals surface area contributed by atoms with Crippen LogP contribution in [0.4, 0.5) is 8.78 Å². The number of imidazole rings is 1. The molecule has 1 amide bonds. The molecule has 4 aromatic carbocycles. The van der Waals surface area contributed by atoms with Gasteiger partial charge in [0.15, 0.2) is 0 Å². The Morgan fingerprint density at radius 3 is 2.48 bits per heavy atom. The van der Waals surface area contributed by atoms with Crippen molar-refractivity contribution < 1.29 is 18.7 Å². The number of aromatic nitrogens is 2. The smallest absolute Gasteiger partial charge is 0.255 e. The molecule has 7 rings (SSSR count). The number of hydrogen-bond acceptors (Lipinski definition) is 4. The lowest BCUT2D eigenvalue weighted by molar-refractivity contribution is 0.0730. The fraction of sp³-hybridized carbons (Fsp3) is 0.235. The lowest BCUT2D eigenvalue weighted by Gasteiger charge is -2.29. The molecule has 2 N–H and O–H groups in total. The third-order valence-corrected chi connectivity index (χ3v) is 8.71. The molecule has 0 radical (unpaired) electrons. The van der Waals surface area contributed by atoms with E-state index in [9.17, 15) is 18.7 Å². The first-order valence-corrected chi connectivity index (χ1v) is 14.2. The van der Waals surface area contributed by atoms with Gasteiger partial charge in [0.25, 0.3) is 5.91 Å². The molecule has 42 heavy (non-hydrogen) atoms. The van der Waals surface area contributed by atoms with Crippen LogP contribution < -0.4 is 0 Å². The molecular formula is C34H30F2N4O2. The number of likely N-dealkylation sites (tertiary alicyclic amines) is 1. The molecule has 1 fully saturated rings. The summed E-state index contributed by atoms with van der Waals surface area (Å²) in [5.41, 5.74) is 5.42.